The fourth-order valence-electron chi connectivity index (χ4n) is 2.40. The zero-order valence-corrected chi connectivity index (χ0v) is 16.3. The van der Waals surface area contributed by atoms with Crippen LogP contribution in [0.3, 0.4) is 0 Å². The molecule has 0 saturated carbocycles. The molecule has 1 amide bonds. The van der Waals surface area contributed by atoms with Crippen molar-refractivity contribution in [3.8, 4) is 11.5 Å². The SMILES string of the molecule is CC(C)(C)OC(=O)NCCCCNc1cc(-c2n[nH]c(=O)o2)ccc1C(F)(F)F. The second kappa shape index (κ2) is 9.01. The number of amides is 1. The molecule has 0 radical (unpaired) electrons. The Hall–Kier alpha value is -2.98. The van der Waals surface area contributed by atoms with E-state index >= 15 is 0 Å². The van der Waals surface area contributed by atoms with Crippen molar-refractivity contribution in [1.82, 2.24) is 15.5 Å². The lowest BCUT2D eigenvalue weighted by Gasteiger charge is -2.19. The van der Waals surface area contributed by atoms with Gasteiger partial charge in [-0.3, -0.25) is 0 Å². The van der Waals surface area contributed by atoms with Crippen LogP contribution in [0.1, 0.15) is 39.2 Å². The Morgan fingerprint density at radius 2 is 1.90 bits per heavy atom. The largest absolute Gasteiger partial charge is 0.444 e. The topological polar surface area (TPSA) is 109 Å². The molecule has 0 aliphatic carbocycles. The van der Waals surface area contributed by atoms with Crippen LogP contribution in [0.5, 0.6) is 0 Å². The van der Waals surface area contributed by atoms with Crippen LogP contribution >= 0.6 is 0 Å². The Kier molecular flexibility index (Phi) is 6.93. The van der Waals surface area contributed by atoms with E-state index < -0.39 is 29.2 Å². The summed E-state index contributed by atoms with van der Waals surface area (Å²) < 4.78 is 49.6. The first-order chi connectivity index (χ1) is 13.5. The average Bonchev–Trinajstić information content (AvgIpc) is 3.02. The lowest BCUT2D eigenvalue weighted by molar-refractivity contribution is -0.136. The minimum absolute atomic E-state index is 0.103. The predicted octanol–water partition coefficient (Wildman–Crippen LogP) is 3.77. The maximum Gasteiger partial charge on any atom is 0.434 e. The number of alkyl halides is 3. The maximum absolute atomic E-state index is 13.2. The molecule has 1 aromatic carbocycles. The summed E-state index contributed by atoms with van der Waals surface area (Å²) in [6.07, 6.45) is -4.04. The molecule has 1 aromatic heterocycles. The normalized spacial score (nSPS) is 11.9. The highest BCUT2D eigenvalue weighted by molar-refractivity contribution is 5.67. The predicted molar refractivity (Wildman–Crippen MR) is 99.5 cm³/mol. The first-order valence-electron chi connectivity index (χ1n) is 8.93. The van der Waals surface area contributed by atoms with E-state index in [1.807, 2.05) is 0 Å². The summed E-state index contributed by atoms with van der Waals surface area (Å²) >= 11 is 0. The monoisotopic (exact) mass is 416 g/mol. The molecule has 1 heterocycles. The summed E-state index contributed by atoms with van der Waals surface area (Å²) in [6.45, 7) is 5.82. The first-order valence-corrected chi connectivity index (χ1v) is 8.93. The molecular weight excluding hydrogens is 393 g/mol. The van der Waals surface area contributed by atoms with E-state index in [1.165, 1.54) is 12.1 Å². The number of halogens is 3. The average molecular weight is 416 g/mol. The van der Waals surface area contributed by atoms with Gasteiger partial charge in [-0.25, -0.2) is 14.7 Å². The van der Waals surface area contributed by atoms with E-state index in [0.29, 0.717) is 19.4 Å². The number of hydrogen-bond acceptors (Lipinski definition) is 6. The highest BCUT2D eigenvalue weighted by Gasteiger charge is 2.33. The van der Waals surface area contributed by atoms with Gasteiger partial charge in [-0.15, -0.1) is 5.10 Å². The van der Waals surface area contributed by atoms with Crippen molar-refractivity contribution < 1.29 is 27.1 Å². The molecule has 0 fully saturated rings. The molecule has 3 N–H and O–H groups in total. The van der Waals surface area contributed by atoms with Crippen molar-refractivity contribution in [3.63, 3.8) is 0 Å². The van der Waals surface area contributed by atoms with Crippen LogP contribution in [0, 0.1) is 0 Å². The van der Waals surface area contributed by atoms with E-state index in [0.717, 1.165) is 6.07 Å². The molecule has 160 valence electrons. The summed E-state index contributed by atoms with van der Waals surface area (Å²) in [5.41, 5.74) is -1.37. The molecule has 0 aliphatic heterocycles. The standard InChI is InChI=1S/C18H23F3N4O4/c1-17(2,3)29-15(26)23-9-5-4-8-22-13-10-11(14-24-25-16(27)28-14)6-7-12(13)18(19,20)21/h6-7,10,22H,4-5,8-9H2,1-3H3,(H,23,26)(H,25,27). The third kappa shape index (κ3) is 7.16. The van der Waals surface area contributed by atoms with Gasteiger partial charge < -0.3 is 19.8 Å². The molecule has 0 atom stereocenters. The molecule has 11 heteroatoms. The Morgan fingerprint density at radius 3 is 2.48 bits per heavy atom. The highest BCUT2D eigenvalue weighted by Crippen LogP contribution is 2.36. The fraction of sp³-hybridized carbons (Fsp3) is 0.500. The second-order valence-electron chi connectivity index (χ2n) is 7.24. The third-order valence-corrected chi connectivity index (χ3v) is 3.60. The molecule has 0 spiro atoms. The van der Waals surface area contributed by atoms with Crippen molar-refractivity contribution in [3.05, 3.63) is 34.3 Å². The van der Waals surface area contributed by atoms with Crippen molar-refractivity contribution in [1.29, 1.82) is 0 Å². The molecule has 2 aromatic rings. The number of carbonyl (C=O) groups is 1. The minimum atomic E-state index is -4.55. The van der Waals surface area contributed by atoms with Crippen LogP contribution in [0.15, 0.2) is 27.4 Å². The van der Waals surface area contributed by atoms with Crippen molar-refractivity contribution in [2.24, 2.45) is 0 Å². The van der Waals surface area contributed by atoms with Gasteiger partial charge in [0.25, 0.3) is 0 Å². The van der Waals surface area contributed by atoms with Crippen LogP contribution in [0.25, 0.3) is 11.5 Å². The number of anilines is 1. The lowest BCUT2D eigenvalue weighted by Crippen LogP contribution is -2.33. The van der Waals surface area contributed by atoms with Gasteiger partial charge in [0.1, 0.15) is 5.60 Å². The zero-order chi connectivity index (χ0) is 21.7. The van der Waals surface area contributed by atoms with E-state index in [2.05, 4.69) is 20.8 Å². The summed E-state index contributed by atoms with van der Waals surface area (Å²) in [6, 6.07) is 3.30. The van der Waals surface area contributed by atoms with Crippen LogP contribution in [-0.4, -0.2) is 35.0 Å². The number of aromatic amines is 1. The zero-order valence-electron chi connectivity index (χ0n) is 16.3. The van der Waals surface area contributed by atoms with Gasteiger partial charge in [-0.2, -0.15) is 13.2 Å². The van der Waals surface area contributed by atoms with Gasteiger partial charge in [0.05, 0.1) is 5.56 Å². The van der Waals surface area contributed by atoms with E-state index in [4.69, 9.17) is 9.15 Å². The van der Waals surface area contributed by atoms with Gasteiger partial charge in [-0.1, -0.05) is 0 Å². The van der Waals surface area contributed by atoms with Crippen LogP contribution in [0.4, 0.5) is 23.7 Å². The van der Waals surface area contributed by atoms with Gasteiger partial charge in [-0.05, 0) is 51.8 Å². The van der Waals surface area contributed by atoms with Crippen molar-refractivity contribution in [2.75, 3.05) is 18.4 Å². The van der Waals surface area contributed by atoms with Crippen molar-refractivity contribution >= 4 is 11.8 Å². The number of hydrogen-bond donors (Lipinski definition) is 3. The molecule has 29 heavy (non-hydrogen) atoms. The number of nitrogens with zero attached hydrogens (tertiary/aromatic N) is 1. The maximum atomic E-state index is 13.2. The Bertz CT molecular complexity index is 884. The minimum Gasteiger partial charge on any atom is -0.444 e. The Balaban J connectivity index is 1.93. The molecule has 0 saturated heterocycles. The quantitative estimate of drug-likeness (QED) is 0.593. The second-order valence-corrected chi connectivity index (χ2v) is 7.24. The summed E-state index contributed by atoms with van der Waals surface area (Å²) in [4.78, 5) is 22.6. The number of rotatable bonds is 7. The van der Waals surface area contributed by atoms with Crippen LogP contribution < -0.4 is 16.4 Å². The Labute approximate surface area is 164 Å². The molecule has 0 aliphatic rings. The number of aromatic nitrogens is 2. The van der Waals surface area contributed by atoms with Gasteiger partial charge in [0.15, 0.2) is 0 Å². The molecule has 2 rings (SSSR count). The van der Waals surface area contributed by atoms with Crippen LogP contribution in [0.2, 0.25) is 0 Å². The highest BCUT2D eigenvalue weighted by atomic mass is 19.4. The number of carbonyl (C=O) groups excluding carboxylic acids is 1. The summed E-state index contributed by atoms with van der Waals surface area (Å²) in [5.74, 6) is -0.903. The number of nitrogens with one attached hydrogen (secondary N) is 3. The Morgan fingerprint density at radius 1 is 1.21 bits per heavy atom. The molecule has 0 unspecified atom stereocenters. The van der Waals surface area contributed by atoms with Gasteiger partial charge >= 0.3 is 18.0 Å². The molecular formula is C18H23F3N4O4. The number of H-pyrrole nitrogens is 1. The number of ether oxygens (including phenoxy) is 1. The van der Waals surface area contributed by atoms with E-state index in [-0.39, 0.29) is 23.7 Å². The fourth-order valence-corrected chi connectivity index (χ4v) is 2.40. The smallest absolute Gasteiger partial charge is 0.434 e. The first kappa shape index (κ1) is 22.3. The van der Waals surface area contributed by atoms with Crippen LogP contribution in [-0.2, 0) is 10.9 Å². The molecule has 8 nitrogen and oxygen atoms in total. The van der Waals surface area contributed by atoms with E-state index in [9.17, 15) is 22.8 Å². The van der Waals surface area contributed by atoms with E-state index in [1.54, 1.807) is 20.8 Å². The molecule has 0 bridgehead atoms. The van der Waals surface area contributed by atoms with Gasteiger partial charge in [0.2, 0.25) is 5.89 Å². The third-order valence-electron chi connectivity index (χ3n) is 3.60. The number of alkyl carbamates (subject to hydrolysis) is 1. The van der Waals surface area contributed by atoms with Gasteiger partial charge in [0, 0.05) is 24.3 Å². The lowest BCUT2D eigenvalue weighted by atomic mass is 10.1. The van der Waals surface area contributed by atoms with Crippen molar-refractivity contribution in [2.45, 2.75) is 45.4 Å². The number of unbranched alkanes of at least 4 members (excludes halogenated alkanes) is 1. The summed E-state index contributed by atoms with van der Waals surface area (Å²) in [7, 11) is 0. The number of benzene rings is 1. The summed E-state index contributed by atoms with van der Waals surface area (Å²) in [5, 5.41) is 11.0.